The highest BCUT2D eigenvalue weighted by molar-refractivity contribution is 7.99. The van der Waals surface area contributed by atoms with Crippen molar-refractivity contribution >= 4 is 11.8 Å². The monoisotopic (exact) mass is 299 g/mol. The standard InChI is InChI=1S/C15H29N3OS/c1-11(2)20-10-13-17-14(19-18-13)7-6-12(8-9-16)15(3,4)5/h11-12H,6-10,16H2,1-5H3. The van der Waals surface area contributed by atoms with E-state index >= 15 is 0 Å². The molecular formula is C15H29N3OS. The fraction of sp³-hybridized carbons (Fsp3) is 0.867. The van der Waals surface area contributed by atoms with Crippen molar-refractivity contribution < 1.29 is 4.52 Å². The number of thioether (sulfide) groups is 1. The van der Waals surface area contributed by atoms with Crippen LogP contribution >= 0.6 is 11.8 Å². The molecule has 1 heterocycles. The van der Waals surface area contributed by atoms with Gasteiger partial charge in [0.25, 0.3) is 0 Å². The van der Waals surface area contributed by atoms with E-state index in [0.29, 0.717) is 11.2 Å². The lowest BCUT2D eigenvalue weighted by molar-refractivity contribution is 0.208. The first-order valence-electron chi connectivity index (χ1n) is 7.46. The van der Waals surface area contributed by atoms with Crippen LogP contribution in [0.5, 0.6) is 0 Å². The van der Waals surface area contributed by atoms with Crippen LogP contribution in [0.3, 0.4) is 0 Å². The summed E-state index contributed by atoms with van der Waals surface area (Å²) in [6.45, 7) is 11.9. The Morgan fingerprint density at radius 3 is 2.50 bits per heavy atom. The fourth-order valence-corrected chi connectivity index (χ4v) is 2.80. The summed E-state index contributed by atoms with van der Waals surface area (Å²) in [5, 5.41) is 4.63. The number of aryl methyl sites for hydroxylation is 1. The molecule has 2 N–H and O–H groups in total. The van der Waals surface area contributed by atoms with Gasteiger partial charge in [-0.25, -0.2) is 0 Å². The highest BCUT2D eigenvalue weighted by Crippen LogP contribution is 2.32. The summed E-state index contributed by atoms with van der Waals surface area (Å²) in [5.74, 6) is 2.99. The van der Waals surface area contributed by atoms with Crippen LogP contribution in [0.4, 0.5) is 0 Å². The molecule has 0 aliphatic rings. The van der Waals surface area contributed by atoms with E-state index in [0.717, 1.165) is 43.3 Å². The minimum atomic E-state index is 0.274. The molecule has 0 saturated carbocycles. The fourth-order valence-electron chi connectivity index (χ4n) is 2.20. The predicted molar refractivity (Wildman–Crippen MR) is 85.7 cm³/mol. The summed E-state index contributed by atoms with van der Waals surface area (Å²) in [5.41, 5.74) is 5.99. The molecule has 1 rings (SSSR count). The van der Waals surface area contributed by atoms with Crippen LogP contribution in [0.2, 0.25) is 0 Å². The van der Waals surface area contributed by atoms with Gasteiger partial charge in [-0.3, -0.25) is 0 Å². The molecule has 1 atom stereocenters. The highest BCUT2D eigenvalue weighted by atomic mass is 32.2. The molecule has 20 heavy (non-hydrogen) atoms. The largest absolute Gasteiger partial charge is 0.339 e. The number of hydrogen-bond donors (Lipinski definition) is 1. The summed E-state index contributed by atoms with van der Waals surface area (Å²) in [6.07, 6.45) is 2.95. The maximum atomic E-state index is 5.71. The Morgan fingerprint density at radius 2 is 1.95 bits per heavy atom. The quantitative estimate of drug-likeness (QED) is 0.793. The van der Waals surface area contributed by atoms with Gasteiger partial charge in [-0.15, -0.1) is 0 Å². The minimum absolute atomic E-state index is 0.274. The zero-order chi connectivity index (χ0) is 15.2. The number of rotatable bonds is 8. The second-order valence-corrected chi connectivity index (χ2v) is 8.21. The molecule has 0 radical (unpaired) electrons. The van der Waals surface area contributed by atoms with Gasteiger partial charge in [-0.1, -0.05) is 39.8 Å². The Balaban J connectivity index is 2.48. The molecule has 1 unspecified atom stereocenters. The third kappa shape index (κ3) is 6.27. The molecule has 0 aliphatic carbocycles. The molecule has 0 saturated heterocycles. The molecule has 0 fully saturated rings. The van der Waals surface area contributed by atoms with E-state index in [4.69, 9.17) is 10.3 Å². The molecule has 1 aromatic heterocycles. The lowest BCUT2D eigenvalue weighted by Crippen LogP contribution is -2.24. The lowest BCUT2D eigenvalue weighted by Gasteiger charge is -2.30. The smallest absolute Gasteiger partial charge is 0.226 e. The van der Waals surface area contributed by atoms with Gasteiger partial charge in [0, 0.05) is 6.42 Å². The average Bonchev–Trinajstić information content (AvgIpc) is 2.78. The molecule has 4 nitrogen and oxygen atoms in total. The number of nitrogens with two attached hydrogens (primary N) is 1. The van der Waals surface area contributed by atoms with E-state index in [9.17, 15) is 0 Å². The number of aromatic nitrogens is 2. The van der Waals surface area contributed by atoms with Crippen LogP contribution < -0.4 is 5.73 Å². The van der Waals surface area contributed by atoms with Crippen molar-refractivity contribution in [3.8, 4) is 0 Å². The van der Waals surface area contributed by atoms with E-state index in [2.05, 4.69) is 44.8 Å². The van der Waals surface area contributed by atoms with E-state index in [1.807, 2.05) is 11.8 Å². The molecule has 0 bridgehead atoms. The van der Waals surface area contributed by atoms with Gasteiger partial charge in [0.2, 0.25) is 5.89 Å². The van der Waals surface area contributed by atoms with Crippen molar-refractivity contribution in [2.24, 2.45) is 17.1 Å². The van der Waals surface area contributed by atoms with Gasteiger partial charge in [-0.05, 0) is 36.0 Å². The summed E-state index contributed by atoms with van der Waals surface area (Å²) in [6, 6.07) is 0. The first kappa shape index (κ1) is 17.5. The first-order valence-corrected chi connectivity index (χ1v) is 8.51. The van der Waals surface area contributed by atoms with E-state index in [1.165, 1.54) is 0 Å². The molecule has 0 aliphatic heterocycles. The molecule has 0 spiro atoms. The Labute approximate surface area is 127 Å². The van der Waals surface area contributed by atoms with Crippen LogP contribution in [0.25, 0.3) is 0 Å². The zero-order valence-electron chi connectivity index (χ0n) is 13.5. The van der Waals surface area contributed by atoms with E-state index in [-0.39, 0.29) is 5.41 Å². The van der Waals surface area contributed by atoms with Crippen LogP contribution in [-0.4, -0.2) is 21.9 Å². The van der Waals surface area contributed by atoms with Crippen LogP contribution in [0, 0.1) is 11.3 Å². The van der Waals surface area contributed by atoms with Crippen molar-refractivity contribution in [2.45, 2.75) is 64.9 Å². The van der Waals surface area contributed by atoms with E-state index < -0.39 is 0 Å². The van der Waals surface area contributed by atoms with Crippen molar-refractivity contribution in [3.63, 3.8) is 0 Å². The van der Waals surface area contributed by atoms with Gasteiger partial charge in [0.05, 0.1) is 5.75 Å². The molecule has 1 aromatic rings. The van der Waals surface area contributed by atoms with Gasteiger partial charge >= 0.3 is 0 Å². The third-order valence-electron chi connectivity index (χ3n) is 3.50. The Bertz CT molecular complexity index is 385. The zero-order valence-corrected chi connectivity index (χ0v) is 14.3. The van der Waals surface area contributed by atoms with E-state index in [1.54, 1.807) is 0 Å². The lowest BCUT2D eigenvalue weighted by atomic mass is 9.76. The summed E-state index contributed by atoms with van der Waals surface area (Å²) >= 11 is 1.83. The maximum Gasteiger partial charge on any atom is 0.226 e. The summed E-state index contributed by atoms with van der Waals surface area (Å²) in [4.78, 5) is 4.47. The SMILES string of the molecule is CC(C)SCc1noc(CCC(CCN)C(C)(C)C)n1. The van der Waals surface area contributed by atoms with Crippen molar-refractivity contribution in [1.29, 1.82) is 0 Å². The second-order valence-electron chi connectivity index (χ2n) is 6.64. The molecule has 0 amide bonds. The minimum Gasteiger partial charge on any atom is -0.339 e. The van der Waals surface area contributed by atoms with Crippen LogP contribution in [0.15, 0.2) is 4.52 Å². The van der Waals surface area contributed by atoms with Crippen molar-refractivity contribution in [2.75, 3.05) is 6.54 Å². The highest BCUT2D eigenvalue weighted by Gasteiger charge is 2.24. The van der Waals surface area contributed by atoms with Crippen LogP contribution in [0.1, 0.15) is 59.2 Å². The van der Waals surface area contributed by atoms with Gasteiger partial charge in [0.15, 0.2) is 5.82 Å². The molecular weight excluding hydrogens is 270 g/mol. The normalized spacial score (nSPS) is 13.9. The molecule has 116 valence electrons. The predicted octanol–water partition coefficient (Wildman–Crippen LogP) is 3.65. The summed E-state index contributed by atoms with van der Waals surface area (Å²) < 4.78 is 5.33. The molecule has 0 aromatic carbocycles. The average molecular weight is 299 g/mol. The van der Waals surface area contributed by atoms with Gasteiger partial charge in [-0.2, -0.15) is 16.7 Å². The second kappa shape index (κ2) is 8.03. The Kier molecular flexibility index (Phi) is 7.03. The number of nitrogens with zero attached hydrogens (tertiary/aromatic N) is 2. The molecule has 5 heteroatoms. The van der Waals surface area contributed by atoms with Gasteiger partial charge < -0.3 is 10.3 Å². The van der Waals surface area contributed by atoms with Crippen LogP contribution in [-0.2, 0) is 12.2 Å². The Morgan fingerprint density at radius 1 is 1.25 bits per heavy atom. The summed E-state index contributed by atoms with van der Waals surface area (Å²) in [7, 11) is 0. The third-order valence-corrected chi connectivity index (χ3v) is 4.59. The van der Waals surface area contributed by atoms with Gasteiger partial charge in [0.1, 0.15) is 0 Å². The maximum absolute atomic E-state index is 5.71. The van der Waals surface area contributed by atoms with Crippen molar-refractivity contribution in [3.05, 3.63) is 11.7 Å². The Hall–Kier alpha value is -0.550. The van der Waals surface area contributed by atoms with Crippen molar-refractivity contribution in [1.82, 2.24) is 10.1 Å². The first-order chi connectivity index (χ1) is 9.32. The number of hydrogen-bond acceptors (Lipinski definition) is 5. The topological polar surface area (TPSA) is 64.9 Å².